The summed E-state index contributed by atoms with van der Waals surface area (Å²) in [6.07, 6.45) is 0. The van der Waals surface area contributed by atoms with Gasteiger partial charge in [-0.2, -0.15) is 0 Å². The van der Waals surface area contributed by atoms with E-state index in [4.69, 9.17) is 42.1 Å². The number of aromatic nitrogens is 2. The van der Waals surface area contributed by atoms with Crippen molar-refractivity contribution in [3.8, 4) is 17.1 Å². The summed E-state index contributed by atoms with van der Waals surface area (Å²) in [6.45, 7) is 1.37. The van der Waals surface area contributed by atoms with Gasteiger partial charge in [0.1, 0.15) is 18.2 Å². The predicted molar refractivity (Wildman–Crippen MR) is 174 cm³/mol. The number of ether oxygens (including phenoxy) is 4. The third-order valence-corrected chi connectivity index (χ3v) is 10.6. The van der Waals surface area contributed by atoms with E-state index in [1.165, 1.54) is 22.7 Å². The predicted octanol–water partition coefficient (Wildman–Crippen LogP) is 2.67. The highest BCUT2D eigenvalue weighted by Crippen LogP contribution is 2.65. The van der Waals surface area contributed by atoms with Crippen molar-refractivity contribution in [1.29, 1.82) is 0 Å². The van der Waals surface area contributed by atoms with Crippen LogP contribution in [0.25, 0.3) is 22.3 Å². The Balaban J connectivity index is 1.09. The number of amides is 2. The lowest BCUT2D eigenvalue weighted by molar-refractivity contribution is -0.169. The Hall–Kier alpha value is -3.40. The van der Waals surface area contributed by atoms with E-state index >= 15 is 0 Å². The smallest absolute Gasteiger partial charge is 0.330 e. The molecule has 16 heteroatoms. The zero-order valence-electron chi connectivity index (χ0n) is 25.2. The van der Waals surface area contributed by atoms with Gasteiger partial charge in [-0.25, -0.2) is 9.78 Å². The van der Waals surface area contributed by atoms with Crippen LogP contribution in [0.5, 0.6) is 5.75 Å². The maximum absolute atomic E-state index is 13.3. The van der Waals surface area contributed by atoms with Crippen molar-refractivity contribution in [2.45, 2.75) is 10.9 Å². The first-order valence-electron chi connectivity index (χ1n) is 14.9. The summed E-state index contributed by atoms with van der Waals surface area (Å²) in [5.74, 6) is -2.05. The molecule has 250 valence electrons. The lowest BCUT2D eigenvalue weighted by Gasteiger charge is -2.52. The molecule has 6 rings (SSSR count). The van der Waals surface area contributed by atoms with Crippen LogP contribution in [0.15, 0.2) is 41.2 Å². The Morgan fingerprint density at radius 2 is 1.85 bits per heavy atom. The molecule has 47 heavy (non-hydrogen) atoms. The molecular weight excluding hydrogens is 675 g/mol. The quantitative estimate of drug-likeness (QED) is 0.157. The average Bonchev–Trinajstić information content (AvgIpc) is 3.71. The van der Waals surface area contributed by atoms with E-state index in [9.17, 15) is 24.3 Å². The largest absolute Gasteiger partial charge is 0.492 e. The molecule has 1 aliphatic carbocycles. The molecule has 2 aromatic carbocycles. The molecular formula is C31H32Cl2N4O9S. The number of hydrogen-bond acceptors (Lipinski definition) is 10. The number of rotatable bonds is 15. The number of aliphatic carboxylic acids is 1. The molecule has 3 aliphatic rings. The van der Waals surface area contributed by atoms with Gasteiger partial charge in [-0.15, -0.1) is 11.8 Å². The van der Waals surface area contributed by atoms with Crippen LogP contribution < -0.4 is 15.6 Å². The number of methoxy groups -OCH3 is 1. The fraction of sp³-hybridized carbons (Fsp3) is 0.452. The first-order chi connectivity index (χ1) is 22.7. The van der Waals surface area contributed by atoms with Crippen molar-refractivity contribution < 1.29 is 38.4 Å². The van der Waals surface area contributed by atoms with Crippen molar-refractivity contribution in [1.82, 2.24) is 20.2 Å². The van der Waals surface area contributed by atoms with Crippen LogP contribution in [0.4, 0.5) is 0 Å². The van der Waals surface area contributed by atoms with Gasteiger partial charge in [0.05, 0.1) is 60.8 Å². The van der Waals surface area contributed by atoms with E-state index in [0.29, 0.717) is 57.8 Å². The third kappa shape index (κ3) is 6.42. The van der Waals surface area contributed by atoms with E-state index in [1.54, 1.807) is 37.4 Å². The monoisotopic (exact) mass is 706 g/mol. The number of benzene rings is 2. The lowest BCUT2D eigenvalue weighted by Crippen LogP contribution is -2.70. The summed E-state index contributed by atoms with van der Waals surface area (Å²) >= 11 is 13.8. The molecule has 0 spiro atoms. The number of carbonyl (C=O) groups is 3. The average molecular weight is 708 g/mol. The summed E-state index contributed by atoms with van der Waals surface area (Å²) in [6, 6.07) is 9.66. The van der Waals surface area contributed by atoms with E-state index in [1.807, 2.05) is 0 Å². The molecule has 13 nitrogen and oxygen atoms in total. The Morgan fingerprint density at radius 3 is 2.64 bits per heavy atom. The van der Waals surface area contributed by atoms with Crippen molar-refractivity contribution in [3.05, 3.63) is 56.8 Å². The highest BCUT2D eigenvalue weighted by atomic mass is 35.5. The van der Waals surface area contributed by atoms with Gasteiger partial charge in [0.25, 0.3) is 5.56 Å². The summed E-state index contributed by atoms with van der Waals surface area (Å²) in [5, 5.41) is 13.9. The fourth-order valence-electron chi connectivity index (χ4n) is 6.32. The zero-order valence-corrected chi connectivity index (χ0v) is 27.5. The Kier molecular flexibility index (Phi) is 9.97. The topological polar surface area (TPSA) is 169 Å². The molecule has 0 radical (unpaired) electrons. The maximum Gasteiger partial charge on any atom is 0.330 e. The first-order valence-corrected chi connectivity index (χ1v) is 16.7. The van der Waals surface area contributed by atoms with Gasteiger partial charge in [0.15, 0.2) is 5.54 Å². The van der Waals surface area contributed by atoms with Gasteiger partial charge in [-0.3, -0.25) is 14.4 Å². The van der Waals surface area contributed by atoms with Crippen LogP contribution >= 0.6 is 35.0 Å². The van der Waals surface area contributed by atoms with Crippen molar-refractivity contribution >= 4 is 63.7 Å². The second kappa shape index (κ2) is 14.0. The third-order valence-electron chi connectivity index (χ3n) is 8.69. The molecule has 1 saturated carbocycles. The Labute approximate surface area is 283 Å². The fourth-order valence-corrected chi connectivity index (χ4v) is 8.42. The number of thioether (sulfide) groups is 1. The molecule has 3 heterocycles. The van der Waals surface area contributed by atoms with Crippen molar-refractivity contribution in [3.63, 3.8) is 0 Å². The molecule has 3 N–H and O–H groups in total. The first kappa shape index (κ1) is 33.5. The van der Waals surface area contributed by atoms with Gasteiger partial charge in [-0.05, 0) is 36.4 Å². The summed E-state index contributed by atoms with van der Waals surface area (Å²) in [7, 11) is 1.58. The van der Waals surface area contributed by atoms with E-state index in [2.05, 4.69) is 15.3 Å². The van der Waals surface area contributed by atoms with Gasteiger partial charge < -0.3 is 39.3 Å². The zero-order chi connectivity index (χ0) is 33.3. The van der Waals surface area contributed by atoms with Crippen molar-refractivity contribution in [2.24, 2.45) is 17.8 Å². The highest BCUT2D eigenvalue weighted by Gasteiger charge is 2.80. The number of fused-ring (bicyclic) bond motifs is 4. The van der Waals surface area contributed by atoms with E-state index in [-0.39, 0.29) is 55.3 Å². The van der Waals surface area contributed by atoms with Gasteiger partial charge >= 0.3 is 5.97 Å². The SMILES string of the molecule is COCCOCCOCC(=O)NC[C@@H]1C(=O)N2C1SC[C@@H]1C(COc3ccc(Cl)cc3-c3nc4ccc(Cl)cc4c(=O)[nH]3)C12C(=O)O. The molecule has 2 saturated heterocycles. The summed E-state index contributed by atoms with van der Waals surface area (Å²) < 4.78 is 21.7. The van der Waals surface area contributed by atoms with E-state index in [0.717, 1.165) is 0 Å². The molecule has 3 unspecified atom stereocenters. The minimum Gasteiger partial charge on any atom is -0.492 e. The van der Waals surface area contributed by atoms with Crippen LogP contribution in [0.2, 0.25) is 10.0 Å². The number of nitrogens with one attached hydrogen (secondary N) is 2. The Morgan fingerprint density at radius 1 is 1.11 bits per heavy atom. The maximum atomic E-state index is 13.3. The highest BCUT2D eigenvalue weighted by molar-refractivity contribution is 8.00. The number of β-lactam (4-membered cyclic amide) rings is 1. The van der Waals surface area contributed by atoms with Crippen LogP contribution in [-0.2, 0) is 28.6 Å². The number of H-pyrrole nitrogens is 1. The van der Waals surface area contributed by atoms with Crippen LogP contribution in [0, 0.1) is 17.8 Å². The van der Waals surface area contributed by atoms with Gasteiger partial charge in [-0.1, -0.05) is 23.2 Å². The minimum atomic E-state index is -1.40. The molecule has 1 aromatic heterocycles. The van der Waals surface area contributed by atoms with Gasteiger partial charge in [0.2, 0.25) is 11.8 Å². The van der Waals surface area contributed by atoms with Crippen LogP contribution in [0.1, 0.15) is 0 Å². The number of aromatic amines is 1. The second-order valence-electron chi connectivity index (χ2n) is 11.4. The number of carbonyl (C=O) groups excluding carboxylic acids is 2. The molecule has 3 fully saturated rings. The molecule has 3 aromatic rings. The molecule has 0 bridgehead atoms. The number of nitrogens with zero attached hydrogens (tertiary/aromatic N) is 2. The summed E-state index contributed by atoms with van der Waals surface area (Å²) in [4.78, 5) is 60.0. The lowest BCUT2D eigenvalue weighted by atomic mass is 9.92. The summed E-state index contributed by atoms with van der Waals surface area (Å²) in [5.41, 5.74) is -0.943. The van der Waals surface area contributed by atoms with E-state index < -0.39 is 28.9 Å². The number of hydrogen-bond donors (Lipinski definition) is 3. The number of halogens is 2. The Bertz CT molecular complexity index is 1760. The number of carboxylic acids is 1. The molecule has 2 amide bonds. The second-order valence-corrected chi connectivity index (χ2v) is 13.4. The standard InChI is InChI=1S/C31H32Cl2N4O9S/c1-43-6-7-44-8-9-45-14-25(38)34-12-20-28(40)37-29(20)47-15-22-21(31(22,37)30(41)42)13-46-24-5-3-17(33)11-19(24)26-35-23-4-2-16(32)10-18(23)27(39)36-26/h2-5,10-11,20-22,29H,6-9,12-15H2,1H3,(H,34,38)(H,41,42)(H,35,36,39)/t20-,21?,22-,29?,31?/m1/s1. The van der Waals surface area contributed by atoms with Crippen LogP contribution in [0.3, 0.4) is 0 Å². The van der Waals surface area contributed by atoms with Crippen molar-refractivity contribution in [2.75, 3.05) is 59.0 Å². The molecule has 5 atom stereocenters. The normalized spacial score (nSPS) is 24.3. The molecule has 2 aliphatic heterocycles. The minimum absolute atomic E-state index is 0.00397. The van der Waals surface area contributed by atoms with Gasteiger partial charge in [0, 0.05) is 41.3 Å². The van der Waals surface area contributed by atoms with Crippen LogP contribution in [-0.4, -0.2) is 108 Å². The number of carboxylic acid groups (broad SMARTS) is 1.